The summed E-state index contributed by atoms with van der Waals surface area (Å²) in [6.45, 7) is 2.39. The van der Waals surface area contributed by atoms with Crippen molar-refractivity contribution in [1.29, 1.82) is 0 Å². The molecule has 1 aromatic rings. The highest BCUT2D eigenvalue weighted by molar-refractivity contribution is 5.81. The third kappa shape index (κ3) is 3.43. The van der Waals surface area contributed by atoms with Gasteiger partial charge in [0.05, 0.1) is 25.0 Å². The van der Waals surface area contributed by atoms with E-state index >= 15 is 0 Å². The number of nitrogens with zero attached hydrogens (tertiary/aromatic N) is 4. The van der Waals surface area contributed by atoms with Gasteiger partial charge < -0.3 is 10.6 Å². The molecular formula is C15H25N5O. The van der Waals surface area contributed by atoms with Crippen molar-refractivity contribution >= 4 is 5.91 Å². The van der Waals surface area contributed by atoms with E-state index in [9.17, 15) is 4.79 Å². The third-order valence-corrected chi connectivity index (χ3v) is 5.03. The molecular weight excluding hydrogens is 266 g/mol. The Hall–Kier alpha value is -1.43. The molecule has 1 saturated heterocycles. The summed E-state index contributed by atoms with van der Waals surface area (Å²) in [4.78, 5) is 16.1. The highest BCUT2D eigenvalue weighted by Gasteiger charge is 2.34. The van der Waals surface area contributed by atoms with E-state index in [1.165, 1.54) is 25.7 Å². The molecule has 1 aromatic heterocycles. The first-order valence-electron chi connectivity index (χ1n) is 8.12. The SMILES string of the molecule is N[C@@H](CCn1nccn1)C(=O)N1CCC2CCCCC2C1. The molecule has 0 radical (unpaired) electrons. The Morgan fingerprint density at radius 2 is 1.90 bits per heavy atom. The molecule has 2 unspecified atom stereocenters. The van der Waals surface area contributed by atoms with Crippen LogP contribution in [0.2, 0.25) is 0 Å². The van der Waals surface area contributed by atoms with Gasteiger partial charge in [-0.05, 0) is 31.1 Å². The molecule has 3 atom stereocenters. The van der Waals surface area contributed by atoms with Crippen LogP contribution in [0.1, 0.15) is 38.5 Å². The molecule has 1 aliphatic carbocycles. The Morgan fingerprint density at radius 3 is 2.67 bits per heavy atom. The molecule has 1 saturated carbocycles. The van der Waals surface area contributed by atoms with Gasteiger partial charge in [-0.15, -0.1) is 0 Å². The van der Waals surface area contributed by atoms with Crippen molar-refractivity contribution < 1.29 is 4.79 Å². The van der Waals surface area contributed by atoms with Crippen molar-refractivity contribution in [2.75, 3.05) is 13.1 Å². The molecule has 21 heavy (non-hydrogen) atoms. The predicted octanol–water partition coefficient (Wildman–Crippen LogP) is 1.03. The second-order valence-electron chi connectivity index (χ2n) is 6.40. The molecule has 116 valence electrons. The van der Waals surface area contributed by atoms with Crippen molar-refractivity contribution in [3.8, 4) is 0 Å². The highest BCUT2D eigenvalue weighted by Crippen LogP contribution is 2.36. The molecule has 0 aromatic carbocycles. The lowest BCUT2D eigenvalue weighted by molar-refractivity contribution is -0.135. The molecule has 6 nitrogen and oxygen atoms in total. The number of aryl methyl sites for hydroxylation is 1. The zero-order valence-electron chi connectivity index (χ0n) is 12.5. The average Bonchev–Trinajstić information content (AvgIpc) is 3.05. The fraction of sp³-hybridized carbons (Fsp3) is 0.800. The maximum atomic E-state index is 12.5. The van der Waals surface area contributed by atoms with Gasteiger partial charge in [0.2, 0.25) is 5.91 Å². The van der Waals surface area contributed by atoms with Crippen LogP contribution in [0.15, 0.2) is 12.4 Å². The van der Waals surface area contributed by atoms with Crippen LogP contribution in [0.5, 0.6) is 0 Å². The number of carbonyl (C=O) groups is 1. The molecule has 0 spiro atoms. The van der Waals surface area contributed by atoms with Gasteiger partial charge in [-0.1, -0.05) is 19.3 Å². The Morgan fingerprint density at radius 1 is 1.19 bits per heavy atom. The van der Waals surface area contributed by atoms with Crippen LogP contribution in [0.25, 0.3) is 0 Å². The third-order valence-electron chi connectivity index (χ3n) is 5.03. The molecule has 3 rings (SSSR count). The van der Waals surface area contributed by atoms with Crippen LogP contribution >= 0.6 is 0 Å². The molecule has 2 N–H and O–H groups in total. The predicted molar refractivity (Wildman–Crippen MR) is 79.3 cm³/mol. The van der Waals surface area contributed by atoms with Crippen molar-refractivity contribution in [3.63, 3.8) is 0 Å². The Bertz CT molecular complexity index is 461. The van der Waals surface area contributed by atoms with Crippen LogP contribution in [0.4, 0.5) is 0 Å². The second-order valence-corrected chi connectivity index (χ2v) is 6.40. The first-order chi connectivity index (χ1) is 10.2. The first-order valence-corrected chi connectivity index (χ1v) is 8.12. The fourth-order valence-electron chi connectivity index (χ4n) is 3.77. The lowest BCUT2D eigenvalue weighted by atomic mass is 9.75. The van der Waals surface area contributed by atoms with Gasteiger partial charge in [-0.25, -0.2) is 0 Å². The van der Waals surface area contributed by atoms with E-state index in [1.54, 1.807) is 17.2 Å². The summed E-state index contributed by atoms with van der Waals surface area (Å²) < 4.78 is 0. The van der Waals surface area contributed by atoms with Gasteiger partial charge >= 0.3 is 0 Å². The van der Waals surface area contributed by atoms with Gasteiger partial charge in [0, 0.05) is 13.1 Å². The average molecular weight is 291 g/mol. The van der Waals surface area contributed by atoms with Crippen LogP contribution in [-0.4, -0.2) is 44.9 Å². The van der Waals surface area contributed by atoms with Crippen molar-refractivity contribution in [3.05, 3.63) is 12.4 Å². The van der Waals surface area contributed by atoms with E-state index in [2.05, 4.69) is 10.2 Å². The van der Waals surface area contributed by atoms with E-state index in [-0.39, 0.29) is 5.91 Å². The van der Waals surface area contributed by atoms with E-state index in [0.717, 1.165) is 25.4 Å². The summed E-state index contributed by atoms with van der Waals surface area (Å²) in [6.07, 6.45) is 10.3. The number of carbonyl (C=O) groups excluding carboxylic acids is 1. The zero-order valence-corrected chi connectivity index (χ0v) is 12.5. The molecule has 1 aliphatic heterocycles. The lowest BCUT2D eigenvalue weighted by Crippen LogP contribution is -2.50. The number of rotatable bonds is 4. The maximum Gasteiger partial charge on any atom is 0.239 e. The summed E-state index contributed by atoms with van der Waals surface area (Å²) in [7, 11) is 0. The van der Waals surface area contributed by atoms with E-state index in [4.69, 9.17) is 5.73 Å². The van der Waals surface area contributed by atoms with Crippen molar-refractivity contribution in [1.82, 2.24) is 19.9 Å². The number of piperidine rings is 1. The monoisotopic (exact) mass is 291 g/mol. The standard InChI is InChI=1S/C15H25N5O/c16-14(6-10-20-17-7-8-18-20)15(21)19-9-5-12-3-1-2-4-13(12)11-19/h7-8,12-14H,1-6,9-11,16H2/t12?,13?,14-/m0/s1. The second kappa shape index (κ2) is 6.56. The number of fused-ring (bicyclic) bond motifs is 1. The van der Waals surface area contributed by atoms with Crippen LogP contribution < -0.4 is 5.73 Å². The fourth-order valence-corrected chi connectivity index (χ4v) is 3.77. The summed E-state index contributed by atoms with van der Waals surface area (Å²) in [5.41, 5.74) is 6.07. The minimum Gasteiger partial charge on any atom is -0.341 e. The van der Waals surface area contributed by atoms with E-state index in [1.807, 2.05) is 4.90 Å². The van der Waals surface area contributed by atoms with Crippen LogP contribution in [0.3, 0.4) is 0 Å². The number of likely N-dealkylation sites (tertiary alicyclic amines) is 1. The molecule has 2 aliphatic rings. The van der Waals surface area contributed by atoms with Gasteiger partial charge in [0.15, 0.2) is 0 Å². The largest absolute Gasteiger partial charge is 0.341 e. The van der Waals surface area contributed by atoms with Crippen molar-refractivity contribution in [2.45, 2.75) is 51.1 Å². The summed E-state index contributed by atoms with van der Waals surface area (Å²) >= 11 is 0. The smallest absolute Gasteiger partial charge is 0.239 e. The zero-order chi connectivity index (χ0) is 14.7. The lowest BCUT2D eigenvalue weighted by Gasteiger charge is -2.42. The highest BCUT2D eigenvalue weighted by atomic mass is 16.2. The molecule has 2 heterocycles. The normalized spacial score (nSPS) is 27.2. The Kier molecular flexibility index (Phi) is 4.53. The quantitative estimate of drug-likeness (QED) is 0.899. The molecule has 6 heteroatoms. The summed E-state index contributed by atoms with van der Waals surface area (Å²) in [6, 6.07) is -0.434. The first kappa shape index (κ1) is 14.5. The van der Waals surface area contributed by atoms with E-state index in [0.29, 0.717) is 18.9 Å². The molecule has 0 bridgehead atoms. The Labute approximate surface area is 125 Å². The van der Waals surface area contributed by atoms with Gasteiger partial charge in [-0.2, -0.15) is 15.0 Å². The minimum absolute atomic E-state index is 0.103. The van der Waals surface area contributed by atoms with Crippen LogP contribution in [0, 0.1) is 11.8 Å². The van der Waals surface area contributed by atoms with Crippen molar-refractivity contribution in [2.24, 2.45) is 17.6 Å². The minimum atomic E-state index is -0.434. The number of hydrogen-bond donors (Lipinski definition) is 1. The summed E-state index contributed by atoms with van der Waals surface area (Å²) in [5.74, 6) is 1.65. The Balaban J connectivity index is 1.50. The number of hydrogen-bond acceptors (Lipinski definition) is 4. The number of aromatic nitrogens is 3. The van der Waals surface area contributed by atoms with E-state index < -0.39 is 6.04 Å². The van der Waals surface area contributed by atoms with Gasteiger partial charge in [-0.3, -0.25) is 4.79 Å². The maximum absolute atomic E-state index is 12.5. The number of amides is 1. The van der Waals surface area contributed by atoms with Gasteiger partial charge in [0.25, 0.3) is 0 Å². The summed E-state index contributed by atoms with van der Waals surface area (Å²) in [5, 5.41) is 8.08. The van der Waals surface area contributed by atoms with Gasteiger partial charge in [0.1, 0.15) is 0 Å². The molecule has 2 fully saturated rings. The molecule has 1 amide bonds. The number of nitrogens with two attached hydrogens (primary N) is 1. The topological polar surface area (TPSA) is 77.0 Å². The van der Waals surface area contributed by atoms with Crippen LogP contribution in [-0.2, 0) is 11.3 Å².